The van der Waals surface area contributed by atoms with Crippen LogP contribution in [0.25, 0.3) is 5.76 Å². The molecule has 1 heterocycles. The Kier molecular flexibility index (Phi) is 7.07. The molecule has 5 heteroatoms. The molecular weight excluding hydrogens is 438 g/mol. The molecule has 2 aromatic rings. The number of ketones is 1. The molecule has 1 atom stereocenters. The zero-order valence-corrected chi connectivity index (χ0v) is 21.6. The van der Waals surface area contributed by atoms with Crippen molar-refractivity contribution >= 4 is 17.4 Å². The summed E-state index contributed by atoms with van der Waals surface area (Å²) >= 11 is 0. The van der Waals surface area contributed by atoms with Crippen LogP contribution in [-0.4, -0.2) is 34.8 Å². The first-order chi connectivity index (χ1) is 16.7. The second-order valence-corrected chi connectivity index (χ2v) is 10.8. The molecule has 35 heavy (non-hydrogen) atoms. The standard InChI is InChI=1S/C30H37NO4/c1-6-19-12-14-20(15-13-19)26-25(28(33)29(34)31(26)22-10-8-7-9-11-22)27(32)21-16-17-24(35-5)23(18-21)30(2,3)4/h12-18,22,26,32H,6-11H2,1-5H3/b27-25-. The van der Waals surface area contributed by atoms with Crippen molar-refractivity contribution < 1.29 is 19.4 Å². The highest BCUT2D eigenvalue weighted by Crippen LogP contribution is 2.44. The summed E-state index contributed by atoms with van der Waals surface area (Å²) in [4.78, 5) is 28.6. The van der Waals surface area contributed by atoms with Gasteiger partial charge < -0.3 is 14.7 Å². The molecule has 1 saturated heterocycles. The van der Waals surface area contributed by atoms with E-state index in [9.17, 15) is 14.7 Å². The number of aliphatic hydroxyl groups excluding tert-OH is 1. The van der Waals surface area contributed by atoms with Crippen molar-refractivity contribution in [1.29, 1.82) is 0 Å². The first-order valence-corrected chi connectivity index (χ1v) is 12.7. The SMILES string of the molecule is CCc1ccc(C2/C(=C(/O)c3ccc(OC)c(C(C)(C)C)c3)C(=O)C(=O)N2C2CCCCC2)cc1. The number of Topliss-reactive ketones (excluding diaryl/α,β-unsaturated/α-hetero) is 1. The van der Waals surface area contributed by atoms with Gasteiger partial charge in [-0.3, -0.25) is 9.59 Å². The van der Waals surface area contributed by atoms with Crippen LogP contribution in [0.1, 0.15) is 88.1 Å². The highest BCUT2D eigenvalue weighted by molar-refractivity contribution is 6.46. The van der Waals surface area contributed by atoms with Crippen LogP contribution in [0.5, 0.6) is 5.75 Å². The number of aryl methyl sites for hydroxylation is 1. The Hall–Kier alpha value is -3.08. The van der Waals surface area contributed by atoms with Crippen molar-refractivity contribution in [2.45, 2.75) is 83.7 Å². The van der Waals surface area contributed by atoms with Crippen molar-refractivity contribution in [2.24, 2.45) is 0 Å². The molecule has 186 valence electrons. The minimum atomic E-state index is -0.606. The Bertz CT molecular complexity index is 1130. The molecule has 0 spiro atoms. The minimum Gasteiger partial charge on any atom is -0.507 e. The van der Waals surface area contributed by atoms with Crippen molar-refractivity contribution in [3.63, 3.8) is 0 Å². The average Bonchev–Trinajstić information content (AvgIpc) is 3.13. The van der Waals surface area contributed by atoms with Crippen LogP contribution in [0.4, 0.5) is 0 Å². The van der Waals surface area contributed by atoms with Crippen molar-refractivity contribution in [3.05, 3.63) is 70.3 Å². The quantitative estimate of drug-likeness (QED) is 0.313. The lowest BCUT2D eigenvalue weighted by Crippen LogP contribution is -2.40. The number of rotatable bonds is 5. The third kappa shape index (κ3) is 4.73. The fourth-order valence-corrected chi connectivity index (χ4v) is 5.45. The molecule has 5 nitrogen and oxygen atoms in total. The summed E-state index contributed by atoms with van der Waals surface area (Å²) in [5.74, 6) is -0.513. The van der Waals surface area contributed by atoms with Crippen molar-refractivity contribution in [1.82, 2.24) is 4.90 Å². The molecule has 0 bridgehead atoms. The summed E-state index contributed by atoms with van der Waals surface area (Å²) in [5, 5.41) is 11.5. The number of benzene rings is 2. The minimum absolute atomic E-state index is 0.00218. The second kappa shape index (κ2) is 9.88. The molecule has 2 aliphatic rings. The molecule has 4 rings (SSSR count). The molecule has 1 aliphatic heterocycles. The first-order valence-electron chi connectivity index (χ1n) is 12.7. The number of carbonyl (C=O) groups excluding carboxylic acids is 2. The number of carbonyl (C=O) groups is 2. The summed E-state index contributed by atoms with van der Waals surface area (Å²) in [7, 11) is 1.62. The van der Waals surface area contributed by atoms with Gasteiger partial charge >= 0.3 is 0 Å². The molecule has 0 aromatic heterocycles. The molecule has 1 amide bonds. The number of aliphatic hydroxyl groups is 1. The topological polar surface area (TPSA) is 66.8 Å². The summed E-state index contributed by atoms with van der Waals surface area (Å²) < 4.78 is 5.55. The van der Waals surface area contributed by atoms with Crippen LogP contribution in [0, 0.1) is 0 Å². The van der Waals surface area contributed by atoms with E-state index in [1.54, 1.807) is 18.1 Å². The monoisotopic (exact) mass is 475 g/mol. The van der Waals surface area contributed by atoms with E-state index < -0.39 is 17.7 Å². The van der Waals surface area contributed by atoms with E-state index in [1.807, 2.05) is 36.4 Å². The van der Waals surface area contributed by atoms with E-state index in [4.69, 9.17) is 4.74 Å². The van der Waals surface area contributed by atoms with Gasteiger partial charge in [0.1, 0.15) is 11.5 Å². The van der Waals surface area contributed by atoms with E-state index in [1.165, 1.54) is 5.56 Å². The van der Waals surface area contributed by atoms with Crippen LogP contribution in [0.3, 0.4) is 0 Å². The van der Waals surface area contributed by atoms with Gasteiger partial charge in [0.15, 0.2) is 0 Å². The van der Waals surface area contributed by atoms with Crippen LogP contribution in [-0.2, 0) is 21.4 Å². The van der Waals surface area contributed by atoms with Gasteiger partial charge in [0, 0.05) is 17.2 Å². The van der Waals surface area contributed by atoms with Crippen LogP contribution < -0.4 is 4.74 Å². The van der Waals surface area contributed by atoms with Gasteiger partial charge in [-0.15, -0.1) is 0 Å². The maximum atomic E-state index is 13.5. The van der Waals surface area contributed by atoms with Gasteiger partial charge in [0.05, 0.1) is 18.7 Å². The van der Waals surface area contributed by atoms with Crippen LogP contribution in [0.2, 0.25) is 0 Å². The normalized spacial score (nSPS) is 20.9. The molecule has 2 fully saturated rings. The van der Waals surface area contributed by atoms with E-state index in [2.05, 4.69) is 27.7 Å². The first kappa shape index (κ1) is 25.0. The second-order valence-electron chi connectivity index (χ2n) is 10.8. The van der Waals surface area contributed by atoms with E-state index >= 15 is 0 Å². The predicted octanol–water partition coefficient (Wildman–Crippen LogP) is 6.31. The number of ether oxygens (including phenoxy) is 1. The number of methoxy groups -OCH3 is 1. The summed E-state index contributed by atoms with van der Waals surface area (Å²) in [6, 6.07) is 12.9. The number of likely N-dealkylation sites (tertiary alicyclic amines) is 1. The lowest BCUT2D eigenvalue weighted by Gasteiger charge is -2.35. The fraction of sp³-hybridized carbons (Fsp3) is 0.467. The Balaban J connectivity index is 1.89. The lowest BCUT2D eigenvalue weighted by atomic mass is 9.84. The van der Waals surface area contributed by atoms with Crippen LogP contribution in [0.15, 0.2) is 48.0 Å². The fourth-order valence-electron chi connectivity index (χ4n) is 5.45. The molecular formula is C30H37NO4. The van der Waals surface area contributed by atoms with E-state index in [-0.39, 0.29) is 22.8 Å². The number of amides is 1. The van der Waals surface area contributed by atoms with Gasteiger partial charge in [-0.05, 0) is 54.0 Å². The molecule has 1 aliphatic carbocycles. The maximum Gasteiger partial charge on any atom is 0.295 e. The molecule has 1 saturated carbocycles. The third-order valence-corrected chi connectivity index (χ3v) is 7.43. The molecule has 1 N–H and O–H groups in total. The Morgan fingerprint density at radius 3 is 2.26 bits per heavy atom. The zero-order chi connectivity index (χ0) is 25.3. The highest BCUT2D eigenvalue weighted by atomic mass is 16.5. The zero-order valence-electron chi connectivity index (χ0n) is 21.6. The molecule has 2 aromatic carbocycles. The maximum absolute atomic E-state index is 13.5. The van der Waals surface area contributed by atoms with E-state index in [0.717, 1.165) is 55.4 Å². The number of hydrogen-bond acceptors (Lipinski definition) is 4. The Labute approximate surface area is 208 Å². The largest absolute Gasteiger partial charge is 0.507 e. The van der Waals surface area contributed by atoms with Gasteiger partial charge in [0.25, 0.3) is 11.7 Å². The van der Waals surface area contributed by atoms with Gasteiger partial charge in [-0.1, -0.05) is 71.2 Å². The van der Waals surface area contributed by atoms with Crippen LogP contribution >= 0.6 is 0 Å². The van der Waals surface area contributed by atoms with Gasteiger partial charge in [-0.2, -0.15) is 0 Å². The van der Waals surface area contributed by atoms with Crippen molar-refractivity contribution in [2.75, 3.05) is 7.11 Å². The lowest BCUT2D eigenvalue weighted by molar-refractivity contribution is -0.141. The predicted molar refractivity (Wildman–Crippen MR) is 139 cm³/mol. The van der Waals surface area contributed by atoms with Gasteiger partial charge in [0.2, 0.25) is 0 Å². The molecule has 1 unspecified atom stereocenters. The highest BCUT2D eigenvalue weighted by Gasteiger charge is 2.48. The summed E-state index contributed by atoms with van der Waals surface area (Å²) in [6.45, 7) is 8.32. The molecule has 0 radical (unpaired) electrons. The number of nitrogens with zero attached hydrogens (tertiary/aromatic N) is 1. The number of hydrogen-bond donors (Lipinski definition) is 1. The third-order valence-electron chi connectivity index (χ3n) is 7.43. The van der Waals surface area contributed by atoms with E-state index in [0.29, 0.717) is 5.56 Å². The smallest absolute Gasteiger partial charge is 0.295 e. The summed E-state index contributed by atoms with van der Waals surface area (Å²) in [5.41, 5.74) is 3.44. The van der Waals surface area contributed by atoms with Crippen molar-refractivity contribution in [3.8, 4) is 5.75 Å². The Morgan fingerprint density at radius 1 is 1.03 bits per heavy atom. The average molecular weight is 476 g/mol. The van der Waals surface area contributed by atoms with Gasteiger partial charge in [-0.25, -0.2) is 0 Å². The Morgan fingerprint density at radius 2 is 1.69 bits per heavy atom. The summed E-state index contributed by atoms with van der Waals surface area (Å²) in [6.07, 6.45) is 5.91.